The number of alkyl halides is 2. The van der Waals surface area contributed by atoms with Crippen LogP contribution in [0, 0.1) is 0 Å². The molecule has 2 N–H and O–H groups in total. The standard InChI is InChI=1S/C13H10F2N2O3/c14-13(15)20-9-3-1-8(2-4-9)17-11-7-16-6-5-10(11)12(18)19/h1-7,13,17H,(H,18,19). The predicted octanol–water partition coefficient (Wildman–Crippen LogP) is 3.12. The van der Waals surface area contributed by atoms with E-state index < -0.39 is 12.6 Å². The molecule has 0 radical (unpaired) electrons. The minimum absolute atomic E-state index is 0.0233. The monoisotopic (exact) mass is 280 g/mol. The largest absolute Gasteiger partial charge is 0.478 e. The second-order valence-corrected chi connectivity index (χ2v) is 3.75. The van der Waals surface area contributed by atoms with E-state index in [1.54, 1.807) is 0 Å². The van der Waals surface area contributed by atoms with Crippen molar-refractivity contribution in [2.75, 3.05) is 5.32 Å². The smallest absolute Gasteiger partial charge is 0.387 e. The fourth-order valence-electron chi connectivity index (χ4n) is 1.56. The number of carboxylic acid groups (broad SMARTS) is 1. The number of hydrogen-bond donors (Lipinski definition) is 2. The third kappa shape index (κ3) is 3.41. The molecule has 0 spiro atoms. The topological polar surface area (TPSA) is 71.5 Å². The summed E-state index contributed by atoms with van der Waals surface area (Å²) in [6.45, 7) is -2.88. The minimum Gasteiger partial charge on any atom is -0.478 e. The van der Waals surface area contributed by atoms with E-state index >= 15 is 0 Å². The van der Waals surface area contributed by atoms with Crippen molar-refractivity contribution < 1.29 is 23.4 Å². The van der Waals surface area contributed by atoms with Gasteiger partial charge in [-0.3, -0.25) is 4.98 Å². The number of aromatic nitrogens is 1. The molecule has 0 aliphatic rings. The van der Waals surface area contributed by atoms with Crippen molar-refractivity contribution in [3.8, 4) is 5.75 Å². The van der Waals surface area contributed by atoms with Crippen molar-refractivity contribution >= 4 is 17.3 Å². The van der Waals surface area contributed by atoms with Crippen molar-refractivity contribution in [1.82, 2.24) is 4.98 Å². The highest BCUT2D eigenvalue weighted by molar-refractivity contribution is 5.94. The summed E-state index contributed by atoms with van der Waals surface area (Å²) in [7, 11) is 0. The first-order valence-electron chi connectivity index (χ1n) is 5.55. The number of anilines is 2. The van der Waals surface area contributed by atoms with Gasteiger partial charge < -0.3 is 15.2 Å². The van der Waals surface area contributed by atoms with Gasteiger partial charge in [-0.05, 0) is 30.3 Å². The first-order valence-corrected chi connectivity index (χ1v) is 5.55. The molecule has 0 saturated carbocycles. The molecule has 20 heavy (non-hydrogen) atoms. The summed E-state index contributed by atoms with van der Waals surface area (Å²) in [5.74, 6) is -1.07. The average Bonchev–Trinajstić information content (AvgIpc) is 2.41. The van der Waals surface area contributed by atoms with Crippen LogP contribution in [0.15, 0.2) is 42.7 Å². The number of halogens is 2. The van der Waals surface area contributed by atoms with E-state index in [-0.39, 0.29) is 11.3 Å². The SMILES string of the molecule is O=C(O)c1ccncc1Nc1ccc(OC(F)F)cc1. The van der Waals surface area contributed by atoms with Gasteiger partial charge in [0.05, 0.1) is 17.4 Å². The molecule has 0 aliphatic heterocycles. The molecule has 5 nitrogen and oxygen atoms in total. The average molecular weight is 280 g/mol. The highest BCUT2D eigenvalue weighted by atomic mass is 19.3. The maximum absolute atomic E-state index is 12.0. The highest BCUT2D eigenvalue weighted by Gasteiger charge is 2.10. The van der Waals surface area contributed by atoms with Gasteiger partial charge in [-0.1, -0.05) is 0 Å². The summed E-state index contributed by atoms with van der Waals surface area (Å²) in [4.78, 5) is 14.8. The Bertz CT molecular complexity index is 603. The van der Waals surface area contributed by atoms with Crippen molar-refractivity contribution in [1.29, 1.82) is 0 Å². The lowest BCUT2D eigenvalue weighted by atomic mass is 10.2. The summed E-state index contributed by atoms with van der Waals surface area (Å²) in [6.07, 6.45) is 2.74. The lowest BCUT2D eigenvalue weighted by molar-refractivity contribution is -0.0498. The zero-order valence-electron chi connectivity index (χ0n) is 10.1. The molecule has 0 atom stereocenters. The van der Waals surface area contributed by atoms with Crippen LogP contribution in [0.5, 0.6) is 5.75 Å². The first-order chi connectivity index (χ1) is 9.56. The van der Waals surface area contributed by atoms with Gasteiger partial charge in [0.15, 0.2) is 0 Å². The van der Waals surface area contributed by atoms with Crippen LogP contribution in [-0.2, 0) is 0 Å². The van der Waals surface area contributed by atoms with E-state index in [0.29, 0.717) is 11.4 Å². The predicted molar refractivity (Wildman–Crippen MR) is 67.6 cm³/mol. The van der Waals surface area contributed by atoms with Crippen LogP contribution in [-0.4, -0.2) is 22.7 Å². The zero-order chi connectivity index (χ0) is 14.5. The third-order valence-electron chi connectivity index (χ3n) is 2.41. The molecule has 1 heterocycles. The van der Waals surface area contributed by atoms with Gasteiger partial charge in [0, 0.05) is 11.9 Å². The van der Waals surface area contributed by atoms with E-state index in [4.69, 9.17) is 5.11 Å². The lowest BCUT2D eigenvalue weighted by Crippen LogP contribution is -2.04. The molecule has 2 rings (SSSR count). The number of rotatable bonds is 5. The Morgan fingerprint density at radius 1 is 1.25 bits per heavy atom. The number of carbonyl (C=O) groups is 1. The van der Waals surface area contributed by atoms with E-state index in [0.717, 1.165) is 0 Å². The number of aromatic carboxylic acids is 1. The van der Waals surface area contributed by atoms with E-state index in [1.807, 2.05) is 0 Å². The van der Waals surface area contributed by atoms with Gasteiger partial charge in [-0.2, -0.15) is 8.78 Å². The quantitative estimate of drug-likeness (QED) is 0.880. The van der Waals surface area contributed by atoms with Gasteiger partial charge in [0.25, 0.3) is 0 Å². The van der Waals surface area contributed by atoms with E-state index in [2.05, 4.69) is 15.0 Å². The molecule has 104 valence electrons. The van der Waals surface area contributed by atoms with Gasteiger partial charge in [0.1, 0.15) is 5.75 Å². The Morgan fingerprint density at radius 3 is 2.55 bits per heavy atom. The maximum Gasteiger partial charge on any atom is 0.387 e. The van der Waals surface area contributed by atoms with Gasteiger partial charge in [0.2, 0.25) is 0 Å². The van der Waals surface area contributed by atoms with Crippen LogP contribution >= 0.6 is 0 Å². The van der Waals surface area contributed by atoms with Gasteiger partial charge in [-0.25, -0.2) is 4.79 Å². The summed E-state index contributed by atoms with van der Waals surface area (Å²) in [5.41, 5.74) is 0.901. The molecule has 0 unspecified atom stereocenters. The minimum atomic E-state index is -2.88. The number of benzene rings is 1. The van der Waals surface area contributed by atoms with Crippen molar-refractivity contribution in [3.05, 3.63) is 48.3 Å². The second-order valence-electron chi connectivity index (χ2n) is 3.75. The zero-order valence-corrected chi connectivity index (χ0v) is 10.1. The molecule has 1 aromatic carbocycles. The summed E-state index contributed by atoms with van der Waals surface area (Å²) in [5, 5.41) is 11.9. The molecule has 0 fully saturated rings. The molecular weight excluding hydrogens is 270 g/mol. The van der Waals surface area contributed by atoms with Crippen molar-refractivity contribution in [2.24, 2.45) is 0 Å². The Kier molecular flexibility index (Phi) is 4.09. The Labute approximate surface area is 112 Å². The number of hydrogen-bond acceptors (Lipinski definition) is 4. The number of nitrogens with one attached hydrogen (secondary N) is 1. The molecule has 0 amide bonds. The Morgan fingerprint density at radius 2 is 1.95 bits per heavy atom. The van der Waals surface area contributed by atoms with Crippen LogP contribution in [0.2, 0.25) is 0 Å². The second kappa shape index (κ2) is 5.96. The molecule has 7 heteroatoms. The van der Waals surface area contributed by atoms with Crippen molar-refractivity contribution in [2.45, 2.75) is 6.61 Å². The number of ether oxygens (including phenoxy) is 1. The fraction of sp³-hybridized carbons (Fsp3) is 0.0769. The number of carboxylic acids is 1. The van der Waals surface area contributed by atoms with Crippen LogP contribution in [0.1, 0.15) is 10.4 Å². The summed E-state index contributed by atoms with van der Waals surface area (Å²) in [6, 6.07) is 7.06. The van der Waals surface area contributed by atoms with E-state index in [9.17, 15) is 13.6 Å². The molecule has 0 saturated heterocycles. The number of pyridine rings is 1. The van der Waals surface area contributed by atoms with Gasteiger partial charge >= 0.3 is 12.6 Å². The molecule has 2 aromatic rings. The maximum atomic E-state index is 12.0. The molecular formula is C13H10F2N2O3. The van der Waals surface area contributed by atoms with Crippen LogP contribution in [0.3, 0.4) is 0 Å². The first kappa shape index (κ1) is 13.7. The summed E-state index contributed by atoms with van der Waals surface area (Å²) >= 11 is 0. The van der Waals surface area contributed by atoms with Gasteiger partial charge in [-0.15, -0.1) is 0 Å². The summed E-state index contributed by atoms with van der Waals surface area (Å²) < 4.78 is 28.2. The molecule has 0 aliphatic carbocycles. The lowest BCUT2D eigenvalue weighted by Gasteiger charge is -2.10. The fourth-order valence-corrected chi connectivity index (χ4v) is 1.56. The third-order valence-corrected chi connectivity index (χ3v) is 2.41. The van der Waals surface area contributed by atoms with Crippen LogP contribution < -0.4 is 10.1 Å². The Hall–Kier alpha value is -2.70. The highest BCUT2D eigenvalue weighted by Crippen LogP contribution is 2.23. The van der Waals surface area contributed by atoms with Crippen molar-refractivity contribution in [3.63, 3.8) is 0 Å². The normalized spacial score (nSPS) is 10.3. The van der Waals surface area contributed by atoms with Crippen LogP contribution in [0.25, 0.3) is 0 Å². The number of nitrogens with zero attached hydrogens (tertiary/aromatic N) is 1. The Balaban J connectivity index is 2.16. The van der Waals surface area contributed by atoms with E-state index in [1.165, 1.54) is 42.7 Å². The molecule has 1 aromatic heterocycles. The van der Waals surface area contributed by atoms with Crippen LogP contribution in [0.4, 0.5) is 20.2 Å². The molecule has 0 bridgehead atoms.